The Morgan fingerprint density at radius 1 is 1.33 bits per heavy atom. The maximum absolute atomic E-state index is 7.04. The van der Waals surface area contributed by atoms with E-state index in [1.165, 1.54) is 5.39 Å². The maximum Gasteiger partial charge on any atom is 0.207 e. The predicted molar refractivity (Wildman–Crippen MR) is 52.8 cm³/mol. The number of nitrogens with zero attached hydrogens (tertiary/aromatic N) is 1. The quantitative estimate of drug-likeness (QED) is 0.534. The highest BCUT2D eigenvalue weighted by Crippen LogP contribution is 2.33. The minimum Gasteiger partial charge on any atom is -0.236 e. The number of rotatable bonds is 0. The van der Waals surface area contributed by atoms with Crippen LogP contribution in [0.3, 0.4) is 0 Å². The van der Waals surface area contributed by atoms with Crippen molar-refractivity contribution in [1.29, 1.82) is 0 Å². The van der Waals surface area contributed by atoms with Crippen LogP contribution >= 0.6 is 11.3 Å². The zero-order valence-electron chi connectivity index (χ0n) is 6.66. The summed E-state index contributed by atoms with van der Waals surface area (Å²) in [6.07, 6.45) is 0. The standard InChI is InChI=1S/C10H7NS/c1-7-3-4-8-5-6-12-10(8)9(7)11-2/h3-6H,1H3. The van der Waals surface area contributed by atoms with E-state index in [-0.39, 0.29) is 0 Å². The van der Waals surface area contributed by atoms with Gasteiger partial charge in [0, 0.05) is 4.70 Å². The molecule has 0 N–H and O–H groups in total. The Bertz CT molecular complexity index is 462. The van der Waals surface area contributed by atoms with Crippen molar-refractivity contribution >= 4 is 27.1 Å². The van der Waals surface area contributed by atoms with Gasteiger partial charge in [-0.15, -0.1) is 0 Å². The van der Waals surface area contributed by atoms with Gasteiger partial charge in [0.15, 0.2) is 0 Å². The van der Waals surface area contributed by atoms with Crippen molar-refractivity contribution < 1.29 is 0 Å². The van der Waals surface area contributed by atoms with Crippen LogP contribution in [0.1, 0.15) is 5.56 Å². The van der Waals surface area contributed by atoms with E-state index in [9.17, 15) is 0 Å². The predicted octanol–water partition coefficient (Wildman–Crippen LogP) is 3.76. The summed E-state index contributed by atoms with van der Waals surface area (Å²) in [4.78, 5) is 3.53. The molecule has 0 aliphatic rings. The zero-order chi connectivity index (χ0) is 8.55. The second-order valence-electron chi connectivity index (χ2n) is 2.68. The first kappa shape index (κ1) is 7.33. The van der Waals surface area contributed by atoms with Gasteiger partial charge in [-0.05, 0) is 29.3 Å². The molecule has 0 atom stereocenters. The van der Waals surface area contributed by atoms with Gasteiger partial charge in [0.2, 0.25) is 5.69 Å². The molecule has 1 heterocycles. The third-order valence-corrected chi connectivity index (χ3v) is 2.85. The largest absolute Gasteiger partial charge is 0.236 e. The van der Waals surface area contributed by atoms with E-state index in [1.807, 2.05) is 24.4 Å². The summed E-state index contributed by atoms with van der Waals surface area (Å²) < 4.78 is 1.12. The van der Waals surface area contributed by atoms with E-state index in [0.29, 0.717) is 0 Å². The molecular weight excluding hydrogens is 166 g/mol. The van der Waals surface area contributed by atoms with Crippen LogP contribution < -0.4 is 0 Å². The van der Waals surface area contributed by atoms with Crippen molar-refractivity contribution in [3.8, 4) is 0 Å². The number of benzene rings is 1. The highest BCUT2D eigenvalue weighted by molar-refractivity contribution is 7.17. The monoisotopic (exact) mass is 173 g/mol. The molecule has 0 spiro atoms. The van der Waals surface area contributed by atoms with Gasteiger partial charge in [-0.2, -0.15) is 11.3 Å². The van der Waals surface area contributed by atoms with Gasteiger partial charge >= 0.3 is 0 Å². The smallest absolute Gasteiger partial charge is 0.207 e. The van der Waals surface area contributed by atoms with Crippen LogP contribution in [0.2, 0.25) is 0 Å². The average molecular weight is 173 g/mol. The normalized spacial score (nSPS) is 10.0. The lowest BCUT2D eigenvalue weighted by Gasteiger charge is -1.96. The lowest BCUT2D eigenvalue weighted by atomic mass is 10.1. The number of thiophene rings is 1. The average Bonchev–Trinajstić information content (AvgIpc) is 2.52. The van der Waals surface area contributed by atoms with E-state index >= 15 is 0 Å². The Morgan fingerprint density at radius 3 is 2.92 bits per heavy atom. The lowest BCUT2D eigenvalue weighted by molar-refractivity contribution is 1.53. The second kappa shape index (κ2) is 2.62. The number of aryl methyl sites for hydroxylation is 1. The first-order valence-corrected chi connectivity index (χ1v) is 4.55. The van der Waals surface area contributed by atoms with Gasteiger partial charge in [-0.1, -0.05) is 12.1 Å². The molecule has 0 saturated carbocycles. The molecule has 12 heavy (non-hydrogen) atoms. The van der Waals surface area contributed by atoms with Crippen LogP contribution in [0.25, 0.3) is 14.9 Å². The molecule has 1 aromatic carbocycles. The summed E-state index contributed by atoms with van der Waals surface area (Å²) in [6.45, 7) is 9.02. The van der Waals surface area contributed by atoms with E-state index in [1.54, 1.807) is 11.3 Å². The fraction of sp³-hybridized carbons (Fsp3) is 0.100. The summed E-state index contributed by atoms with van der Waals surface area (Å²) >= 11 is 1.64. The Hall–Kier alpha value is -1.33. The van der Waals surface area contributed by atoms with E-state index in [4.69, 9.17) is 6.57 Å². The summed E-state index contributed by atoms with van der Waals surface area (Å²) in [5, 5.41) is 3.20. The van der Waals surface area contributed by atoms with Gasteiger partial charge in [0.25, 0.3) is 0 Å². The third-order valence-electron chi connectivity index (χ3n) is 1.91. The van der Waals surface area contributed by atoms with Crippen molar-refractivity contribution in [1.82, 2.24) is 0 Å². The van der Waals surface area contributed by atoms with E-state index in [0.717, 1.165) is 16.0 Å². The number of fused-ring (bicyclic) bond motifs is 1. The van der Waals surface area contributed by atoms with Crippen LogP contribution in [-0.2, 0) is 0 Å². The van der Waals surface area contributed by atoms with Crippen LogP contribution in [-0.4, -0.2) is 0 Å². The Kier molecular flexibility index (Phi) is 1.60. The molecule has 0 bridgehead atoms. The molecule has 0 fully saturated rings. The van der Waals surface area contributed by atoms with Crippen LogP contribution in [0.15, 0.2) is 23.6 Å². The van der Waals surface area contributed by atoms with E-state index in [2.05, 4.69) is 10.9 Å². The molecule has 2 rings (SSSR count). The molecule has 0 aliphatic carbocycles. The Morgan fingerprint density at radius 2 is 2.17 bits per heavy atom. The van der Waals surface area contributed by atoms with Gasteiger partial charge in [-0.25, -0.2) is 4.85 Å². The molecule has 0 aliphatic heterocycles. The van der Waals surface area contributed by atoms with Crippen molar-refractivity contribution in [2.45, 2.75) is 6.92 Å². The Labute approximate surface area is 75.1 Å². The topological polar surface area (TPSA) is 4.36 Å². The van der Waals surface area contributed by atoms with Crippen molar-refractivity contribution in [3.05, 3.63) is 40.6 Å². The van der Waals surface area contributed by atoms with Crippen LogP contribution in [0, 0.1) is 13.5 Å². The van der Waals surface area contributed by atoms with Gasteiger partial charge < -0.3 is 0 Å². The van der Waals surface area contributed by atoms with Crippen molar-refractivity contribution in [2.24, 2.45) is 0 Å². The summed E-state index contributed by atoms with van der Waals surface area (Å²) in [6, 6.07) is 6.12. The molecular formula is C10H7NS. The third kappa shape index (κ3) is 0.910. The summed E-state index contributed by atoms with van der Waals surface area (Å²) in [5.41, 5.74) is 1.88. The maximum atomic E-state index is 7.04. The van der Waals surface area contributed by atoms with Crippen molar-refractivity contribution in [3.63, 3.8) is 0 Å². The fourth-order valence-corrected chi connectivity index (χ4v) is 2.20. The lowest BCUT2D eigenvalue weighted by Crippen LogP contribution is -1.70. The molecule has 2 heteroatoms. The summed E-state index contributed by atoms with van der Waals surface area (Å²) in [7, 11) is 0. The molecule has 0 radical (unpaired) electrons. The Balaban J connectivity index is 2.94. The highest BCUT2D eigenvalue weighted by atomic mass is 32.1. The molecule has 58 valence electrons. The van der Waals surface area contributed by atoms with Crippen molar-refractivity contribution in [2.75, 3.05) is 0 Å². The molecule has 1 aromatic heterocycles. The minimum absolute atomic E-state index is 0.808. The van der Waals surface area contributed by atoms with Gasteiger partial charge in [-0.3, -0.25) is 0 Å². The highest BCUT2D eigenvalue weighted by Gasteiger charge is 2.04. The first-order valence-electron chi connectivity index (χ1n) is 3.67. The first-order chi connectivity index (χ1) is 5.83. The number of hydrogen-bond donors (Lipinski definition) is 0. The molecule has 0 unspecified atom stereocenters. The zero-order valence-corrected chi connectivity index (χ0v) is 7.48. The van der Waals surface area contributed by atoms with E-state index < -0.39 is 0 Å². The minimum atomic E-state index is 0.808. The molecule has 2 aromatic rings. The molecule has 0 amide bonds. The molecule has 1 nitrogen and oxygen atoms in total. The fourth-order valence-electron chi connectivity index (χ4n) is 1.25. The number of hydrogen-bond acceptors (Lipinski definition) is 1. The van der Waals surface area contributed by atoms with Crippen LogP contribution in [0.5, 0.6) is 0 Å². The summed E-state index contributed by atoms with van der Waals surface area (Å²) in [5.74, 6) is 0. The van der Waals surface area contributed by atoms with Gasteiger partial charge in [0.1, 0.15) is 0 Å². The second-order valence-corrected chi connectivity index (χ2v) is 3.60. The molecule has 0 saturated heterocycles. The SMILES string of the molecule is [C-]#[N+]c1c(C)ccc2ccsc12. The van der Waals surface area contributed by atoms with Gasteiger partial charge in [0.05, 0.1) is 6.57 Å². The van der Waals surface area contributed by atoms with Crippen LogP contribution in [0.4, 0.5) is 5.69 Å².